The van der Waals surface area contributed by atoms with Crippen LogP contribution in [0.2, 0.25) is 0 Å². The van der Waals surface area contributed by atoms with Crippen LogP contribution in [0.5, 0.6) is 0 Å². The van der Waals surface area contributed by atoms with Crippen LogP contribution in [0.1, 0.15) is 11.8 Å². The maximum Gasteiger partial charge on any atom is 0.403 e. The van der Waals surface area contributed by atoms with Crippen LogP contribution in [0.4, 0.5) is 26.3 Å². The summed E-state index contributed by atoms with van der Waals surface area (Å²) in [6.07, 6.45) is -11.5. The third-order valence-corrected chi connectivity index (χ3v) is 1.91. The standard InChI is InChI=1S/C8H6F6N2O/c9-7(10,11)6(8(12,13)14)5(17)4-3-15-1-2-16-4/h1-3,5-6,17H. The molecule has 0 aliphatic heterocycles. The number of aliphatic hydroxyl groups is 1. The Morgan fingerprint density at radius 2 is 1.53 bits per heavy atom. The molecule has 0 amide bonds. The number of hydrogen-bond acceptors (Lipinski definition) is 3. The van der Waals surface area contributed by atoms with Crippen molar-refractivity contribution in [3.05, 3.63) is 24.3 Å². The molecule has 1 atom stereocenters. The van der Waals surface area contributed by atoms with Crippen LogP contribution in [0.15, 0.2) is 18.6 Å². The molecule has 0 fully saturated rings. The van der Waals surface area contributed by atoms with Gasteiger partial charge in [0.2, 0.25) is 0 Å². The van der Waals surface area contributed by atoms with Gasteiger partial charge in [0.1, 0.15) is 6.10 Å². The number of rotatable bonds is 2. The molecular formula is C8H6F6N2O. The van der Waals surface area contributed by atoms with Gasteiger partial charge < -0.3 is 5.11 Å². The second-order valence-corrected chi connectivity index (χ2v) is 3.14. The van der Waals surface area contributed by atoms with E-state index >= 15 is 0 Å². The Kier molecular flexibility index (Phi) is 3.60. The molecule has 0 aliphatic carbocycles. The topological polar surface area (TPSA) is 46.0 Å². The highest BCUT2D eigenvalue weighted by Crippen LogP contribution is 2.45. The SMILES string of the molecule is OC(c1cnccn1)C(C(F)(F)F)C(F)(F)F. The summed E-state index contributed by atoms with van der Waals surface area (Å²) in [5.74, 6) is -3.88. The van der Waals surface area contributed by atoms with Crippen molar-refractivity contribution in [1.82, 2.24) is 9.97 Å². The summed E-state index contributed by atoms with van der Waals surface area (Å²) < 4.78 is 73.3. The van der Waals surface area contributed by atoms with Gasteiger partial charge in [0.15, 0.2) is 5.92 Å². The van der Waals surface area contributed by atoms with E-state index < -0.39 is 30.1 Å². The molecule has 1 unspecified atom stereocenters. The van der Waals surface area contributed by atoms with Gasteiger partial charge >= 0.3 is 12.4 Å². The van der Waals surface area contributed by atoms with E-state index in [0.717, 1.165) is 12.4 Å². The predicted molar refractivity (Wildman–Crippen MR) is 42.6 cm³/mol. The molecule has 1 aromatic heterocycles. The Morgan fingerprint density at radius 3 is 1.88 bits per heavy atom. The first-order valence-corrected chi connectivity index (χ1v) is 4.21. The molecule has 0 spiro atoms. The highest BCUT2D eigenvalue weighted by Gasteiger charge is 2.60. The normalized spacial score (nSPS) is 15.1. The quantitative estimate of drug-likeness (QED) is 0.829. The fourth-order valence-electron chi connectivity index (χ4n) is 1.18. The van der Waals surface area contributed by atoms with E-state index in [-0.39, 0.29) is 0 Å². The Labute approximate surface area is 91.1 Å². The molecule has 1 rings (SSSR count). The van der Waals surface area contributed by atoms with E-state index in [1.165, 1.54) is 0 Å². The zero-order valence-electron chi connectivity index (χ0n) is 8.00. The Hall–Kier alpha value is -1.38. The fourth-order valence-corrected chi connectivity index (χ4v) is 1.18. The molecule has 0 bridgehead atoms. The molecule has 9 heteroatoms. The minimum Gasteiger partial charge on any atom is -0.386 e. The lowest BCUT2D eigenvalue weighted by molar-refractivity contribution is -0.308. The smallest absolute Gasteiger partial charge is 0.386 e. The summed E-state index contributed by atoms with van der Waals surface area (Å²) in [6.45, 7) is 0. The van der Waals surface area contributed by atoms with Gasteiger partial charge in [-0.15, -0.1) is 0 Å². The van der Waals surface area contributed by atoms with Crippen LogP contribution in [0.25, 0.3) is 0 Å². The minimum absolute atomic E-state index is 0.648. The highest BCUT2D eigenvalue weighted by molar-refractivity contribution is 5.03. The maximum absolute atomic E-state index is 12.2. The van der Waals surface area contributed by atoms with Gasteiger partial charge in [-0.3, -0.25) is 9.97 Å². The maximum atomic E-state index is 12.2. The average molecular weight is 260 g/mol. The number of aromatic nitrogens is 2. The van der Waals surface area contributed by atoms with Gasteiger partial charge in [0, 0.05) is 12.4 Å². The van der Waals surface area contributed by atoms with E-state index in [1.54, 1.807) is 0 Å². The van der Waals surface area contributed by atoms with Crippen molar-refractivity contribution >= 4 is 0 Å². The van der Waals surface area contributed by atoms with E-state index in [2.05, 4.69) is 9.97 Å². The predicted octanol–water partition coefficient (Wildman–Crippen LogP) is 2.25. The van der Waals surface area contributed by atoms with Gasteiger partial charge in [-0.2, -0.15) is 26.3 Å². The largest absolute Gasteiger partial charge is 0.403 e. The monoisotopic (exact) mass is 260 g/mol. The Morgan fingerprint density at radius 1 is 1.00 bits per heavy atom. The van der Waals surface area contributed by atoms with Gasteiger partial charge in [0.05, 0.1) is 11.9 Å². The summed E-state index contributed by atoms with van der Waals surface area (Å²) in [4.78, 5) is 6.51. The molecule has 1 aromatic rings. The van der Waals surface area contributed by atoms with E-state index in [0.29, 0.717) is 6.20 Å². The molecule has 3 nitrogen and oxygen atoms in total. The molecule has 1 heterocycles. The van der Waals surface area contributed by atoms with Crippen molar-refractivity contribution < 1.29 is 31.4 Å². The Balaban J connectivity index is 3.09. The summed E-state index contributed by atoms with van der Waals surface area (Å²) >= 11 is 0. The van der Waals surface area contributed by atoms with Crippen molar-refractivity contribution in [2.75, 3.05) is 0 Å². The summed E-state index contributed by atoms with van der Waals surface area (Å²) in [6, 6.07) is 0. The van der Waals surface area contributed by atoms with Crippen molar-refractivity contribution in [3.8, 4) is 0 Å². The van der Waals surface area contributed by atoms with Crippen molar-refractivity contribution in [1.29, 1.82) is 0 Å². The molecule has 1 N–H and O–H groups in total. The van der Waals surface area contributed by atoms with Crippen LogP contribution in [-0.4, -0.2) is 27.4 Å². The second kappa shape index (κ2) is 4.47. The third kappa shape index (κ3) is 3.29. The molecule has 0 saturated carbocycles. The lowest BCUT2D eigenvalue weighted by Crippen LogP contribution is -2.41. The summed E-state index contributed by atoms with van der Waals surface area (Å²) in [5.41, 5.74) is -0.785. The number of nitrogens with zero attached hydrogens (tertiary/aromatic N) is 2. The highest BCUT2D eigenvalue weighted by atomic mass is 19.4. The zero-order valence-corrected chi connectivity index (χ0v) is 8.00. The molecule has 0 saturated heterocycles. The van der Waals surface area contributed by atoms with E-state index in [4.69, 9.17) is 5.11 Å². The average Bonchev–Trinajstić information content (AvgIpc) is 2.14. The van der Waals surface area contributed by atoms with Gasteiger partial charge in [-0.1, -0.05) is 0 Å². The molecule has 0 aliphatic rings. The Bertz CT molecular complexity index is 349. The number of halogens is 6. The lowest BCUT2D eigenvalue weighted by Gasteiger charge is -2.26. The summed E-state index contributed by atoms with van der Waals surface area (Å²) in [5, 5.41) is 9.11. The van der Waals surface area contributed by atoms with Crippen LogP contribution in [0, 0.1) is 5.92 Å². The number of alkyl halides is 6. The van der Waals surface area contributed by atoms with Crippen molar-refractivity contribution in [3.63, 3.8) is 0 Å². The van der Waals surface area contributed by atoms with Crippen molar-refractivity contribution in [2.45, 2.75) is 18.5 Å². The van der Waals surface area contributed by atoms with Crippen LogP contribution in [-0.2, 0) is 0 Å². The van der Waals surface area contributed by atoms with Crippen LogP contribution >= 0.6 is 0 Å². The van der Waals surface area contributed by atoms with Gasteiger partial charge in [-0.25, -0.2) is 0 Å². The van der Waals surface area contributed by atoms with Crippen molar-refractivity contribution in [2.24, 2.45) is 5.92 Å². The second-order valence-electron chi connectivity index (χ2n) is 3.14. The number of aliphatic hydroxyl groups excluding tert-OH is 1. The fraction of sp³-hybridized carbons (Fsp3) is 0.500. The van der Waals surface area contributed by atoms with Gasteiger partial charge in [0.25, 0.3) is 0 Å². The number of hydrogen-bond donors (Lipinski definition) is 1. The molecule has 17 heavy (non-hydrogen) atoms. The first kappa shape index (κ1) is 13.7. The first-order valence-electron chi connectivity index (χ1n) is 4.21. The van der Waals surface area contributed by atoms with E-state index in [9.17, 15) is 26.3 Å². The lowest BCUT2D eigenvalue weighted by atomic mass is 9.99. The molecule has 0 radical (unpaired) electrons. The van der Waals surface area contributed by atoms with Gasteiger partial charge in [-0.05, 0) is 0 Å². The molecule has 96 valence electrons. The van der Waals surface area contributed by atoms with Crippen LogP contribution < -0.4 is 0 Å². The molecular weight excluding hydrogens is 254 g/mol. The van der Waals surface area contributed by atoms with E-state index in [1.807, 2.05) is 0 Å². The van der Waals surface area contributed by atoms with Crippen LogP contribution in [0.3, 0.4) is 0 Å². The summed E-state index contributed by atoms with van der Waals surface area (Å²) in [7, 11) is 0. The minimum atomic E-state index is -5.62. The zero-order chi connectivity index (χ0) is 13.3. The molecule has 0 aromatic carbocycles. The third-order valence-electron chi connectivity index (χ3n) is 1.91. The first-order chi connectivity index (χ1) is 7.64.